The molecule has 0 saturated carbocycles. The van der Waals surface area contributed by atoms with Crippen LogP contribution >= 0.6 is 11.3 Å². The number of pyridine rings is 1. The molecule has 2 aliphatic rings. The molecule has 0 fully saturated rings. The van der Waals surface area contributed by atoms with Gasteiger partial charge in [0.05, 0.1) is 23.9 Å². The van der Waals surface area contributed by atoms with Crippen LogP contribution in [0.3, 0.4) is 0 Å². The Balaban J connectivity index is 1.57. The molecule has 0 radical (unpaired) electrons. The fraction of sp³-hybridized carbons (Fsp3) is 0.278. The highest BCUT2D eigenvalue weighted by Crippen LogP contribution is 2.36. The van der Waals surface area contributed by atoms with Crippen molar-refractivity contribution in [2.75, 3.05) is 20.1 Å². The Hall–Kier alpha value is -2.67. The summed E-state index contributed by atoms with van der Waals surface area (Å²) >= 11 is 1.56. The van der Waals surface area contributed by atoms with Gasteiger partial charge in [-0.2, -0.15) is 11.3 Å². The molecule has 0 spiro atoms. The van der Waals surface area contributed by atoms with Crippen molar-refractivity contribution < 1.29 is 9.59 Å². The minimum absolute atomic E-state index is 0.00557. The molecule has 7 heteroatoms. The van der Waals surface area contributed by atoms with Crippen LogP contribution in [0.2, 0.25) is 0 Å². The van der Waals surface area contributed by atoms with Gasteiger partial charge in [-0.3, -0.25) is 14.7 Å². The van der Waals surface area contributed by atoms with E-state index in [4.69, 9.17) is 0 Å². The van der Waals surface area contributed by atoms with Gasteiger partial charge in [0.1, 0.15) is 0 Å². The predicted molar refractivity (Wildman–Crippen MR) is 94.9 cm³/mol. The van der Waals surface area contributed by atoms with E-state index in [9.17, 15) is 9.59 Å². The molecule has 6 nitrogen and oxygen atoms in total. The number of carbonyl (C=O) groups excluding carboxylic acids is 2. The molecule has 4 heterocycles. The monoisotopic (exact) mass is 354 g/mol. The number of amides is 3. The third kappa shape index (κ3) is 2.80. The molecule has 1 unspecified atom stereocenters. The topological polar surface area (TPSA) is 65.5 Å². The number of hydrogen-bond acceptors (Lipinski definition) is 4. The van der Waals surface area contributed by atoms with Crippen molar-refractivity contribution >= 4 is 23.3 Å². The van der Waals surface area contributed by atoms with Crippen molar-refractivity contribution in [1.82, 2.24) is 20.1 Å². The summed E-state index contributed by atoms with van der Waals surface area (Å²) in [4.78, 5) is 32.9. The Bertz CT molecular complexity index is 832. The third-order valence-corrected chi connectivity index (χ3v) is 5.38. The number of thiophene rings is 1. The standard InChI is InChI=1S/C18H18N4O2S/c1-21-14-10-22(8-5-13-4-2-3-7-19-13)17(23)15(14)16(20-18(21)24)12-6-9-25-11-12/h2-4,6-7,9,11,16H,5,8,10H2,1H3,(H,20,24). The predicted octanol–water partition coefficient (Wildman–Crippen LogP) is 2.18. The van der Waals surface area contributed by atoms with E-state index >= 15 is 0 Å². The van der Waals surface area contributed by atoms with Crippen LogP contribution in [0.5, 0.6) is 0 Å². The summed E-state index contributed by atoms with van der Waals surface area (Å²) in [5.41, 5.74) is 3.39. The number of aromatic nitrogens is 1. The van der Waals surface area contributed by atoms with E-state index in [0.29, 0.717) is 25.1 Å². The van der Waals surface area contributed by atoms with Gasteiger partial charge < -0.3 is 10.2 Å². The fourth-order valence-corrected chi connectivity index (χ4v) is 3.97. The Morgan fingerprint density at radius 3 is 2.92 bits per heavy atom. The molecule has 1 N–H and O–H groups in total. The van der Waals surface area contributed by atoms with Gasteiger partial charge in [0.25, 0.3) is 5.91 Å². The molecule has 0 aromatic carbocycles. The van der Waals surface area contributed by atoms with Gasteiger partial charge in [-0.15, -0.1) is 0 Å². The van der Waals surface area contributed by atoms with Crippen LogP contribution in [0.15, 0.2) is 52.5 Å². The van der Waals surface area contributed by atoms with Crippen LogP contribution in [0, 0.1) is 0 Å². The van der Waals surface area contributed by atoms with Gasteiger partial charge in [-0.1, -0.05) is 6.07 Å². The minimum Gasteiger partial charge on any atom is -0.333 e. The molecule has 1 atom stereocenters. The van der Waals surface area contributed by atoms with Gasteiger partial charge in [-0.05, 0) is 34.5 Å². The maximum Gasteiger partial charge on any atom is 0.322 e. The summed E-state index contributed by atoms with van der Waals surface area (Å²) < 4.78 is 0. The fourth-order valence-electron chi connectivity index (χ4n) is 3.29. The first-order valence-electron chi connectivity index (χ1n) is 8.13. The highest BCUT2D eigenvalue weighted by atomic mass is 32.1. The van der Waals surface area contributed by atoms with Crippen molar-refractivity contribution in [1.29, 1.82) is 0 Å². The van der Waals surface area contributed by atoms with E-state index < -0.39 is 0 Å². The molecule has 128 valence electrons. The van der Waals surface area contributed by atoms with Crippen LogP contribution in [-0.2, 0) is 11.2 Å². The number of carbonyl (C=O) groups is 2. The maximum absolute atomic E-state index is 13.0. The number of hydrogen-bond donors (Lipinski definition) is 1. The molecule has 4 rings (SSSR count). The lowest BCUT2D eigenvalue weighted by Crippen LogP contribution is -2.45. The maximum atomic E-state index is 13.0. The summed E-state index contributed by atoms with van der Waals surface area (Å²) in [6.45, 7) is 1.05. The van der Waals surface area contributed by atoms with E-state index in [0.717, 1.165) is 17.0 Å². The Kier molecular flexibility index (Phi) is 4.01. The lowest BCUT2D eigenvalue weighted by Gasteiger charge is -2.30. The molecular weight excluding hydrogens is 336 g/mol. The van der Waals surface area contributed by atoms with Crippen LogP contribution in [0.25, 0.3) is 0 Å². The Morgan fingerprint density at radius 2 is 2.20 bits per heavy atom. The van der Waals surface area contributed by atoms with Crippen LogP contribution in [0.4, 0.5) is 4.79 Å². The first kappa shape index (κ1) is 15.8. The molecule has 0 bridgehead atoms. The molecule has 2 aromatic rings. The number of rotatable bonds is 4. The van der Waals surface area contributed by atoms with E-state index in [1.165, 1.54) is 0 Å². The lowest BCUT2D eigenvalue weighted by atomic mass is 9.98. The number of nitrogens with one attached hydrogen (secondary N) is 1. The second-order valence-corrected chi connectivity index (χ2v) is 6.94. The highest BCUT2D eigenvalue weighted by Gasteiger charge is 2.42. The summed E-state index contributed by atoms with van der Waals surface area (Å²) in [6, 6.07) is 7.20. The lowest BCUT2D eigenvalue weighted by molar-refractivity contribution is -0.125. The summed E-state index contributed by atoms with van der Waals surface area (Å²) in [5, 5.41) is 6.87. The average molecular weight is 354 g/mol. The molecule has 2 aromatic heterocycles. The van der Waals surface area contributed by atoms with E-state index in [1.54, 1.807) is 34.4 Å². The molecule has 2 aliphatic heterocycles. The van der Waals surface area contributed by atoms with Crippen molar-refractivity contribution in [2.24, 2.45) is 0 Å². The zero-order valence-electron chi connectivity index (χ0n) is 13.8. The summed E-state index contributed by atoms with van der Waals surface area (Å²) in [5.74, 6) is -0.00557. The van der Waals surface area contributed by atoms with Gasteiger partial charge in [0.15, 0.2) is 0 Å². The second-order valence-electron chi connectivity index (χ2n) is 6.16. The summed E-state index contributed by atoms with van der Waals surface area (Å²) in [7, 11) is 1.71. The zero-order valence-corrected chi connectivity index (χ0v) is 14.6. The molecule has 25 heavy (non-hydrogen) atoms. The Morgan fingerprint density at radius 1 is 1.32 bits per heavy atom. The quantitative estimate of drug-likeness (QED) is 0.915. The molecule has 3 amide bonds. The largest absolute Gasteiger partial charge is 0.333 e. The Labute approximate surface area is 149 Å². The van der Waals surface area contributed by atoms with Crippen molar-refractivity contribution in [3.05, 3.63) is 63.7 Å². The van der Waals surface area contributed by atoms with E-state index in [-0.39, 0.29) is 18.0 Å². The normalized spacial score (nSPS) is 20.1. The van der Waals surface area contributed by atoms with Gasteiger partial charge in [0, 0.05) is 31.9 Å². The molecular formula is C18H18N4O2S. The van der Waals surface area contributed by atoms with Crippen LogP contribution < -0.4 is 5.32 Å². The van der Waals surface area contributed by atoms with E-state index in [1.807, 2.05) is 35.0 Å². The third-order valence-electron chi connectivity index (χ3n) is 4.68. The highest BCUT2D eigenvalue weighted by molar-refractivity contribution is 7.08. The van der Waals surface area contributed by atoms with E-state index in [2.05, 4.69) is 10.3 Å². The van der Waals surface area contributed by atoms with Crippen molar-refractivity contribution in [3.63, 3.8) is 0 Å². The zero-order chi connectivity index (χ0) is 17.4. The van der Waals surface area contributed by atoms with Gasteiger partial charge in [-0.25, -0.2) is 4.79 Å². The van der Waals surface area contributed by atoms with Crippen LogP contribution in [-0.4, -0.2) is 46.9 Å². The van der Waals surface area contributed by atoms with Gasteiger partial charge in [0.2, 0.25) is 0 Å². The SMILES string of the molecule is CN1C(=O)NC(c2ccsc2)C2=C1CN(CCc1ccccn1)C2=O. The number of likely N-dealkylation sites (N-methyl/N-ethyl adjacent to an activating group) is 1. The number of nitrogens with zero attached hydrogens (tertiary/aromatic N) is 3. The van der Waals surface area contributed by atoms with Crippen molar-refractivity contribution in [3.8, 4) is 0 Å². The first-order chi connectivity index (χ1) is 12.1. The first-order valence-corrected chi connectivity index (χ1v) is 9.08. The number of urea groups is 1. The average Bonchev–Trinajstić information content (AvgIpc) is 3.26. The minimum atomic E-state index is -0.364. The molecule has 0 saturated heterocycles. The second kappa shape index (κ2) is 6.33. The van der Waals surface area contributed by atoms with Crippen molar-refractivity contribution in [2.45, 2.75) is 12.5 Å². The van der Waals surface area contributed by atoms with Gasteiger partial charge >= 0.3 is 6.03 Å². The smallest absolute Gasteiger partial charge is 0.322 e. The summed E-state index contributed by atoms with van der Waals surface area (Å²) in [6.07, 6.45) is 2.45. The van der Waals surface area contributed by atoms with Crippen LogP contribution in [0.1, 0.15) is 17.3 Å². The molecule has 0 aliphatic carbocycles.